The first-order chi connectivity index (χ1) is 10.2. The average molecular weight is 285 g/mol. The van der Waals surface area contributed by atoms with E-state index < -0.39 is 0 Å². The van der Waals surface area contributed by atoms with E-state index in [4.69, 9.17) is 5.73 Å². The van der Waals surface area contributed by atoms with Crippen molar-refractivity contribution in [2.45, 2.75) is 13.5 Å². The second-order valence-electron chi connectivity index (χ2n) is 5.16. The number of piperazine rings is 1. The molecule has 2 N–H and O–H groups in total. The Balaban J connectivity index is 1.58. The Bertz CT molecular complexity index is 573. The topological polar surface area (TPSA) is 84.1 Å². The summed E-state index contributed by atoms with van der Waals surface area (Å²) in [5, 5.41) is 0. The number of anilines is 2. The molecule has 0 aromatic carbocycles. The van der Waals surface area contributed by atoms with Gasteiger partial charge in [0.2, 0.25) is 5.95 Å². The van der Waals surface area contributed by atoms with Crippen LogP contribution in [0.4, 0.5) is 11.8 Å². The van der Waals surface area contributed by atoms with Crippen molar-refractivity contribution in [3.63, 3.8) is 0 Å². The molecule has 7 nitrogen and oxygen atoms in total. The highest BCUT2D eigenvalue weighted by atomic mass is 15.3. The molecule has 0 atom stereocenters. The number of rotatable bonds is 3. The molecule has 21 heavy (non-hydrogen) atoms. The molecule has 3 rings (SSSR count). The predicted octanol–water partition coefficient (Wildman–Crippen LogP) is 0.479. The van der Waals surface area contributed by atoms with Gasteiger partial charge in [-0.3, -0.25) is 4.90 Å². The van der Waals surface area contributed by atoms with E-state index in [1.807, 2.05) is 13.0 Å². The van der Waals surface area contributed by atoms with E-state index >= 15 is 0 Å². The summed E-state index contributed by atoms with van der Waals surface area (Å²) in [5.74, 6) is 2.12. The smallest absolute Gasteiger partial charge is 0.225 e. The highest BCUT2D eigenvalue weighted by molar-refractivity contribution is 5.30. The van der Waals surface area contributed by atoms with Crippen molar-refractivity contribution in [2.75, 3.05) is 36.8 Å². The minimum atomic E-state index is 0.536. The molecule has 0 unspecified atom stereocenters. The Morgan fingerprint density at radius 2 is 1.81 bits per heavy atom. The zero-order chi connectivity index (χ0) is 14.7. The van der Waals surface area contributed by atoms with Gasteiger partial charge in [-0.25, -0.2) is 19.9 Å². The van der Waals surface area contributed by atoms with Crippen molar-refractivity contribution < 1.29 is 0 Å². The number of aromatic nitrogens is 4. The Morgan fingerprint density at radius 1 is 1.10 bits per heavy atom. The van der Waals surface area contributed by atoms with Crippen LogP contribution in [0, 0.1) is 6.92 Å². The minimum Gasteiger partial charge on any atom is -0.384 e. The molecule has 1 fully saturated rings. The Hall–Kier alpha value is -2.28. The number of nitrogens with zero attached hydrogens (tertiary/aromatic N) is 6. The van der Waals surface area contributed by atoms with E-state index in [9.17, 15) is 0 Å². The van der Waals surface area contributed by atoms with Crippen LogP contribution < -0.4 is 10.6 Å². The van der Waals surface area contributed by atoms with Gasteiger partial charge in [0.25, 0.3) is 0 Å². The van der Waals surface area contributed by atoms with E-state index in [-0.39, 0.29) is 0 Å². The lowest BCUT2D eigenvalue weighted by Crippen LogP contribution is -2.46. The summed E-state index contributed by atoms with van der Waals surface area (Å²) in [6.07, 6.45) is 3.55. The van der Waals surface area contributed by atoms with Crippen molar-refractivity contribution in [1.82, 2.24) is 24.8 Å². The van der Waals surface area contributed by atoms with E-state index in [1.54, 1.807) is 18.5 Å². The maximum atomic E-state index is 5.77. The largest absolute Gasteiger partial charge is 0.384 e. The summed E-state index contributed by atoms with van der Waals surface area (Å²) in [6, 6.07) is 3.62. The summed E-state index contributed by atoms with van der Waals surface area (Å²) in [4.78, 5) is 21.8. The van der Waals surface area contributed by atoms with Crippen molar-refractivity contribution in [3.8, 4) is 0 Å². The second kappa shape index (κ2) is 6.01. The van der Waals surface area contributed by atoms with Gasteiger partial charge in [-0.15, -0.1) is 0 Å². The molecule has 110 valence electrons. The second-order valence-corrected chi connectivity index (χ2v) is 5.16. The first-order valence-electron chi connectivity index (χ1n) is 7.05. The quantitative estimate of drug-likeness (QED) is 0.878. The van der Waals surface area contributed by atoms with Crippen molar-refractivity contribution in [3.05, 3.63) is 36.0 Å². The Morgan fingerprint density at radius 3 is 2.48 bits per heavy atom. The first kappa shape index (κ1) is 13.7. The summed E-state index contributed by atoms with van der Waals surface area (Å²) >= 11 is 0. The zero-order valence-electron chi connectivity index (χ0n) is 12.1. The van der Waals surface area contributed by atoms with Gasteiger partial charge < -0.3 is 10.6 Å². The van der Waals surface area contributed by atoms with E-state index in [0.717, 1.165) is 50.2 Å². The van der Waals surface area contributed by atoms with Crippen LogP contribution in [-0.4, -0.2) is 51.0 Å². The molecule has 2 aromatic heterocycles. The third kappa shape index (κ3) is 3.43. The molecule has 0 aliphatic carbocycles. The fourth-order valence-electron chi connectivity index (χ4n) is 2.49. The van der Waals surface area contributed by atoms with Crippen LogP contribution >= 0.6 is 0 Å². The summed E-state index contributed by atoms with van der Waals surface area (Å²) < 4.78 is 0. The van der Waals surface area contributed by atoms with Gasteiger partial charge in [0.05, 0.1) is 6.54 Å². The van der Waals surface area contributed by atoms with Crippen LogP contribution in [-0.2, 0) is 6.54 Å². The van der Waals surface area contributed by atoms with Crippen LogP contribution in [0.5, 0.6) is 0 Å². The average Bonchev–Trinajstić information content (AvgIpc) is 2.48. The highest BCUT2D eigenvalue weighted by Gasteiger charge is 2.19. The van der Waals surface area contributed by atoms with Crippen molar-refractivity contribution in [2.24, 2.45) is 0 Å². The number of aryl methyl sites for hydroxylation is 1. The SMILES string of the molecule is Cc1cc(N)nc(CN2CCN(c3ncccn3)CC2)n1. The van der Waals surface area contributed by atoms with Gasteiger partial charge >= 0.3 is 0 Å². The molecule has 1 aliphatic rings. The fourth-order valence-corrected chi connectivity index (χ4v) is 2.49. The molecule has 0 radical (unpaired) electrons. The lowest BCUT2D eigenvalue weighted by molar-refractivity contribution is 0.243. The van der Waals surface area contributed by atoms with Crippen molar-refractivity contribution >= 4 is 11.8 Å². The lowest BCUT2D eigenvalue weighted by atomic mass is 10.3. The van der Waals surface area contributed by atoms with Gasteiger partial charge in [0, 0.05) is 50.3 Å². The van der Waals surface area contributed by atoms with E-state index in [1.165, 1.54) is 0 Å². The highest BCUT2D eigenvalue weighted by Crippen LogP contribution is 2.12. The number of nitrogen functional groups attached to an aromatic ring is 1. The van der Waals surface area contributed by atoms with Crippen LogP contribution in [0.3, 0.4) is 0 Å². The van der Waals surface area contributed by atoms with Gasteiger partial charge in [-0.1, -0.05) is 0 Å². The van der Waals surface area contributed by atoms with Crippen LogP contribution in [0.25, 0.3) is 0 Å². The molecule has 3 heterocycles. The molecule has 7 heteroatoms. The zero-order valence-corrected chi connectivity index (χ0v) is 12.1. The molecule has 2 aromatic rings. The van der Waals surface area contributed by atoms with Gasteiger partial charge in [0.1, 0.15) is 11.6 Å². The molecule has 0 spiro atoms. The summed E-state index contributed by atoms with van der Waals surface area (Å²) in [6.45, 7) is 6.36. The third-order valence-corrected chi connectivity index (χ3v) is 3.49. The first-order valence-corrected chi connectivity index (χ1v) is 7.05. The molecule has 0 bridgehead atoms. The monoisotopic (exact) mass is 285 g/mol. The molecule has 1 saturated heterocycles. The number of hydrogen-bond donors (Lipinski definition) is 1. The fraction of sp³-hybridized carbons (Fsp3) is 0.429. The summed E-state index contributed by atoms with van der Waals surface area (Å²) in [7, 11) is 0. The normalized spacial score (nSPS) is 16.1. The lowest BCUT2D eigenvalue weighted by Gasteiger charge is -2.34. The third-order valence-electron chi connectivity index (χ3n) is 3.49. The molecule has 0 saturated carbocycles. The van der Waals surface area contributed by atoms with E-state index in [2.05, 4.69) is 29.7 Å². The number of hydrogen-bond acceptors (Lipinski definition) is 7. The molecule has 0 amide bonds. The van der Waals surface area contributed by atoms with Gasteiger partial charge in [0.15, 0.2) is 0 Å². The predicted molar refractivity (Wildman–Crippen MR) is 80.7 cm³/mol. The number of nitrogens with two attached hydrogens (primary N) is 1. The maximum absolute atomic E-state index is 5.77. The summed E-state index contributed by atoms with van der Waals surface area (Å²) in [5.41, 5.74) is 6.68. The van der Waals surface area contributed by atoms with Crippen LogP contribution in [0.2, 0.25) is 0 Å². The maximum Gasteiger partial charge on any atom is 0.225 e. The van der Waals surface area contributed by atoms with Gasteiger partial charge in [-0.05, 0) is 13.0 Å². The Kier molecular flexibility index (Phi) is 3.92. The Labute approximate surface area is 123 Å². The minimum absolute atomic E-state index is 0.536. The standard InChI is InChI=1S/C14H19N7/c1-11-9-12(15)19-13(18-11)10-20-5-7-21(8-6-20)14-16-3-2-4-17-14/h2-4,9H,5-8,10H2,1H3,(H2,15,18,19). The van der Waals surface area contributed by atoms with Crippen LogP contribution in [0.15, 0.2) is 24.5 Å². The molecular weight excluding hydrogens is 266 g/mol. The molecule has 1 aliphatic heterocycles. The van der Waals surface area contributed by atoms with Crippen LogP contribution in [0.1, 0.15) is 11.5 Å². The molecular formula is C14H19N7. The van der Waals surface area contributed by atoms with Gasteiger partial charge in [-0.2, -0.15) is 0 Å². The van der Waals surface area contributed by atoms with E-state index in [0.29, 0.717) is 5.82 Å². The van der Waals surface area contributed by atoms with Crippen molar-refractivity contribution in [1.29, 1.82) is 0 Å².